The standard InChI is InChI=1S/C21H27N5O4/c27-17(8-7-15-4-1-5-15)22-14-21(30)9-3-11-25(13-10-21)19(28)16-6-2-12-26-18(16)23-24-20(26)29/h2,6-8,12,15,30H,1,3-5,9-11,13-14H2,(H,22,27)(H,24,29). The lowest BCUT2D eigenvalue weighted by atomic mass is 9.85. The smallest absolute Gasteiger partial charge is 0.347 e. The van der Waals surface area contributed by atoms with E-state index in [2.05, 4.69) is 15.5 Å². The molecular formula is C21H27N5O4. The van der Waals surface area contributed by atoms with Crippen LogP contribution in [0.1, 0.15) is 48.9 Å². The van der Waals surface area contributed by atoms with Gasteiger partial charge in [0.05, 0.1) is 11.2 Å². The number of likely N-dealkylation sites (tertiary alicyclic amines) is 1. The zero-order valence-corrected chi connectivity index (χ0v) is 16.8. The predicted octanol–water partition coefficient (Wildman–Crippen LogP) is 0.852. The summed E-state index contributed by atoms with van der Waals surface area (Å²) in [7, 11) is 0. The summed E-state index contributed by atoms with van der Waals surface area (Å²) in [5.74, 6) is 0.0885. The third-order valence-corrected chi connectivity index (χ3v) is 6.14. The van der Waals surface area contributed by atoms with Gasteiger partial charge >= 0.3 is 5.69 Å². The van der Waals surface area contributed by atoms with Crippen LogP contribution in [-0.2, 0) is 4.79 Å². The molecule has 9 heteroatoms. The van der Waals surface area contributed by atoms with Crippen molar-refractivity contribution in [3.05, 3.63) is 46.5 Å². The second kappa shape index (κ2) is 8.43. The number of amides is 2. The monoisotopic (exact) mass is 413 g/mol. The first-order valence-electron chi connectivity index (χ1n) is 10.5. The largest absolute Gasteiger partial charge is 0.388 e. The Labute approximate surface area is 173 Å². The third-order valence-electron chi connectivity index (χ3n) is 6.14. The highest BCUT2D eigenvalue weighted by Gasteiger charge is 2.32. The van der Waals surface area contributed by atoms with Crippen molar-refractivity contribution in [1.29, 1.82) is 0 Å². The number of allylic oxidation sites excluding steroid dienone is 1. The highest BCUT2D eigenvalue weighted by Crippen LogP contribution is 2.27. The molecular weight excluding hydrogens is 386 g/mol. The highest BCUT2D eigenvalue weighted by atomic mass is 16.3. The van der Waals surface area contributed by atoms with Crippen LogP contribution < -0.4 is 11.0 Å². The van der Waals surface area contributed by atoms with Crippen molar-refractivity contribution in [2.24, 2.45) is 5.92 Å². The average molecular weight is 413 g/mol. The van der Waals surface area contributed by atoms with Crippen molar-refractivity contribution in [2.45, 2.75) is 44.1 Å². The van der Waals surface area contributed by atoms with Gasteiger partial charge in [-0.25, -0.2) is 14.3 Å². The first-order chi connectivity index (χ1) is 14.5. The Balaban J connectivity index is 1.37. The van der Waals surface area contributed by atoms with E-state index in [1.165, 1.54) is 10.8 Å². The number of hydrogen-bond donors (Lipinski definition) is 3. The first kappa shape index (κ1) is 20.3. The number of hydrogen-bond acceptors (Lipinski definition) is 5. The minimum atomic E-state index is -1.05. The Morgan fingerprint density at radius 1 is 1.30 bits per heavy atom. The van der Waals surface area contributed by atoms with Gasteiger partial charge in [-0.2, -0.15) is 5.10 Å². The van der Waals surface area contributed by atoms with Crippen molar-refractivity contribution in [2.75, 3.05) is 19.6 Å². The van der Waals surface area contributed by atoms with Crippen LogP contribution in [0.5, 0.6) is 0 Å². The van der Waals surface area contributed by atoms with Gasteiger partial charge in [0.2, 0.25) is 5.91 Å². The van der Waals surface area contributed by atoms with Gasteiger partial charge in [-0.05, 0) is 56.2 Å². The maximum atomic E-state index is 13.0. The lowest BCUT2D eigenvalue weighted by Gasteiger charge is -2.27. The van der Waals surface area contributed by atoms with E-state index in [9.17, 15) is 19.5 Å². The number of H-pyrrole nitrogens is 1. The molecule has 30 heavy (non-hydrogen) atoms. The van der Waals surface area contributed by atoms with Crippen molar-refractivity contribution in [3.8, 4) is 0 Å². The molecule has 9 nitrogen and oxygen atoms in total. The van der Waals surface area contributed by atoms with Crippen LogP contribution >= 0.6 is 0 Å². The van der Waals surface area contributed by atoms with E-state index in [-0.39, 0.29) is 24.0 Å². The molecule has 160 valence electrons. The lowest BCUT2D eigenvalue weighted by molar-refractivity contribution is -0.117. The van der Waals surface area contributed by atoms with E-state index in [0.29, 0.717) is 43.8 Å². The van der Waals surface area contributed by atoms with Gasteiger partial charge in [-0.1, -0.05) is 12.5 Å². The van der Waals surface area contributed by atoms with Crippen LogP contribution in [0.2, 0.25) is 0 Å². The fraction of sp³-hybridized carbons (Fsp3) is 0.524. The molecule has 2 aromatic rings. The Hall–Kier alpha value is -2.94. The average Bonchev–Trinajstić information content (AvgIpc) is 2.97. The molecule has 4 rings (SSSR count). The summed E-state index contributed by atoms with van der Waals surface area (Å²) in [6, 6.07) is 3.28. The van der Waals surface area contributed by atoms with Gasteiger partial charge in [-0.3, -0.25) is 9.59 Å². The molecule has 2 fully saturated rings. The van der Waals surface area contributed by atoms with Crippen molar-refractivity contribution in [3.63, 3.8) is 0 Å². The number of carbonyl (C=O) groups excluding carboxylic acids is 2. The number of aromatic nitrogens is 3. The minimum absolute atomic E-state index is 0.160. The SMILES string of the molecule is O=C(C=CC1CCC1)NCC1(O)CCCN(C(=O)c2cccn3c(=O)[nH]nc23)CC1. The predicted molar refractivity (Wildman–Crippen MR) is 110 cm³/mol. The zero-order valence-electron chi connectivity index (χ0n) is 16.8. The topological polar surface area (TPSA) is 120 Å². The molecule has 0 spiro atoms. The molecule has 3 N–H and O–H groups in total. The Bertz CT molecular complexity index is 1020. The quantitative estimate of drug-likeness (QED) is 0.628. The fourth-order valence-corrected chi connectivity index (χ4v) is 4.00. The van der Waals surface area contributed by atoms with Crippen LogP contribution in [0.4, 0.5) is 0 Å². The summed E-state index contributed by atoms with van der Waals surface area (Å²) in [6.07, 6.45) is 10.0. The van der Waals surface area contributed by atoms with Gasteiger partial charge < -0.3 is 15.3 Å². The molecule has 1 saturated heterocycles. The molecule has 2 aromatic heterocycles. The summed E-state index contributed by atoms with van der Waals surface area (Å²) in [4.78, 5) is 38.5. The fourth-order valence-electron chi connectivity index (χ4n) is 4.00. The summed E-state index contributed by atoms with van der Waals surface area (Å²) in [6.45, 7) is 1.01. The van der Waals surface area contributed by atoms with Crippen molar-refractivity contribution < 1.29 is 14.7 Å². The lowest BCUT2D eigenvalue weighted by Crippen LogP contribution is -2.43. The maximum absolute atomic E-state index is 13.0. The van der Waals surface area contributed by atoms with Gasteiger partial charge in [-0.15, -0.1) is 0 Å². The second-order valence-electron chi connectivity index (χ2n) is 8.28. The molecule has 1 atom stereocenters. The molecule has 0 aromatic carbocycles. The van der Waals surface area contributed by atoms with E-state index in [1.807, 2.05) is 6.08 Å². The molecule has 1 unspecified atom stereocenters. The first-order valence-corrected chi connectivity index (χ1v) is 10.5. The van der Waals surface area contributed by atoms with Gasteiger partial charge in [0.25, 0.3) is 5.91 Å². The van der Waals surface area contributed by atoms with E-state index in [0.717, 1.165) is 12.8 Å². The Morgan fingerprint density at radius 3 is 2.90 bits per heavy atom. The summed E-state index contributed by atoms with van der Waals surface area (Å²) in [5.41, 5.74) is -0.815. The van der Waals surface area contributed by atoms with Gasteiger partial charge in [0.15, 0.2) is 5.65 Å². The summed E-state index contributed by atoms with van der Waals surface area (Å²) in [5, 5.41) is 20.0. The third kappa shape index (κ3) is 4.30. The van der Waals surface area contributed by atoms with Crippen LogP contribution in [0.3, 0.4) is 0 Å². The van der Waals surface area contributed by atoms with E-state index in [4.69, 9.17) is 0 Å². The van der Waals surface area contributed by atoms with Crippen molar-refractivity contribution >= 4 is 17.5 Å². The number of aromatic amines is 1. The van der Waals surface area contributed by atoms with E-state index in [1.54, 1.807) is 29.3 Å². The number of nitrogens with one attached hydrogen (secondary N) is 2. The molecule has 2 aliphatic rings. The molecule has 1 saturated carbocycles. The summed E-state index contributed by atoms with van der Waals surface area (Å²) < 4.78 is 1.30. The van der Waals surface area contributed by atoms with Crippen LogP contribution in [0.25, 0.3) is 5.65 Å². The number of nitrogens with zero attached hydrogens (tertiary/aromatic N) is 3. The molecule has 0 bridgehead atoms. The Kier molecular flexibility index (Phi) is 5.72. The van der Waals surface area contributed by atoms with E-state index >= 15 is 0 Å². The number of aliphatic hydroxyl groups is 1. The maximum Gasteiger partial charge on any atom is 0.347 e. The number of pyridine rings is 1. The second-order valence-corrected chi connectivity index (χ2v) is 8.28. The Morgan fingerprint density at radius 2 is 2.13 bits per heavy atom. The normalized spacial score (nSPS) is 22.8. The number of rotatable bonds is 5. The molecule has 2 amide bonds. The molecule has 1 aliphatic heterocycles. The minimum Gasteiger partial charge on any atom is -0.388 e. The van der Waals surface area contributed by atoms with Crippen LogP contribution in [0.15, 0.2) is 35.3 Å². The zero-order chi connectivity index (χ0) is 21.1. The van der Waals surface area contributed by atoms with Gasteiger partial charge in [0.1, 0.15) is 0 Å². The number of carbonyl (C=O) groups is 2. The molecule has 1 aliphatic carbocycles. The van der Waals surface area contributed by atoms with Crippen molar-refractivity contribution in [1.82, 2.24) is 24.8 Å². The molecule has 3 heterocycles. The van der Waals surface area contributed by atoms with E-state index < -0.39 is 11.3 Å². The van der Waals surface area contributed by atoms with Crippen LogP contribution in [-0.4, -0.2) is 61.7 Å². The summed E-state index contributed by atoms with van der Waals surface area (Å²) >= 11 is 0. The van der Waals surface area contributed by atoms with Gasteiger partial charge in [0, 0.05) is 25.8 Å². The highest BCUT2D eigenvalue weighted by molar-refractivity contribution is 5.99. The molecule has 0 radical (unpaired) electrons. The van der Waals surface area contributed by atoms with Crippen LogP contribution in [0, 0.1) is 5.92 Å². The number of fused-ring (bicyclic) bond motifs is 1.